The van der Waals surface area contributed by atoms with E-state index < -0.39 is 5.60 Å². The lowest BCUT2D eigenvalue weighted by Crippen LogP contribution is -2.41. The van der Waals surface area contributed by atoms with E-state index in [-0.39, 0.29) is 30.1 Å². The fraction of sp³-hybridized carbons (Fsp3) is 0.941. The molecule has 0 amide bonds. The van der Waals surface area contributed by atoms with Crippen molar-refractivity contribution in [1.29, 1.82) is 0 Å². The molecule has 0 saturated heterocycles. The Hall–Kier alpha value is -0.0800. The second-order valence-corrected chi connectivity index (χ2v) is 6.08. The largest absolute Gasteiger partial charge is 0.388 e. The van der Waals surface area contributed by atoms with Crippen molar-refractivity contribution in [2.75, 3.05) is 26.2 Å². The molecule has 0 radical (unpaired) electrons. The third kappa shape index (κ3) is 11.2. The first-order chi connectivity index (χ1) is 10.4. The summed E-state index contributed by atoms with van der Waals surface area (Å²) in [5.74, 6) is 1.27. The van der Waals surface area contributed by atoms with Crippen molar-refractivity contribution < 1.29 is 9.84 Å². The van der Waals surface area contributed by atoms with E-state index in [2.05, 4.69) is 29.5 Å². The van der Waals surface area contributed by atoms with Crippen LogP contribution in [0.25, 0.3) is 0 Å². The van der Waals surface area contributed by atoms with E-state index in [1.54, 1.807) is 0 Å². The highest BCUT2D eigenvalue weighted by Crippen LogP contribution is 2.14. The fourth-order valence-corrected chi connectivity index (χ4v) is 2.20. The van der Waals surface area contributed by atoms with Gasteiger partial charge in [-0.25, -0.2) is 0 Å². The minimum absolute atomic E-state index is 0. The summed E-state index contributed by atoms with van der Waals surface area (Å²) in [5, 5.41) is 16.9. The quantitative estimate of drug-likeness (QED) is 0.261. The highest BCUT2D eigenvalue weighted by molar-refractivity contribution is 14.0. The van der Waals surface area contributed by atoms with Gasteiger partial charge in [-0.05, 0) is 39.0 Å². The highest BCUT2D eigenvalue weighted by Gasteiger charge is 2.21. The summed E-state index contributed by atoms with van der Waals surface area (Å²) in [7, 11) is 0. The SMILES string of the molecule is CCNC(=NCC(O)(CC)CC)NCCC(OCC)C(C)C.I. The maximum Gasteiger partial charge on any atom is 0.191 e. The minimum atomic E-state index is -0.700. The summed E-state index contributed by atoms with van der Waals surface area (Å²) < 4.78 is 5.75. The molecule has 0 aliphatic heterocycles. The number of hydrogen-bond donors (Lipinski definition) is 3. The number of ether oxygens (including phenoxy) is 1. The van der Waals surface area contributed by atoms with Crippen molar-refractivity contribution in [1.82, 2.24) is 10.6 Å². The van der Waals surface area contributed by atoms with E-state index >= 15 is 0 Å². The maximum atomic E-state index is 10.3. The van der Waals surface area contributed by atoms with Crippen LogP contribution < -0.4 is 10.6 Å². The summed E-state index contributed by atoms with van der Waals surface area (Å²) in [5.41, 5.74) is -0.700. The molecule has 6 heteroatoms. The number of nitrogens with one attached hydrogen (secondary N) is 2. The van der Waals surface area contributed by atoms with Gasteiger partial charge in [0.1, 0.15) is 0 Å². The van der Waals surface area contributed by atoms with Gasteiger partial charge in [-0.15, -0.1) is 24.0 Å². The van der Waals surface area contributed by atoms with Gasteiger partial charge in [0.15, 0.2) is 5.96 Å². The average Bonchev–Trinajstić information content (AvgIpc) is 2.51. The van der Waals surface area contributed by atoms with E-state index in [0.717, 1.165) is 32.1 Å². The molecule has 0 aromatic heterocycles. The molecule has 1 atom stereocenters. The van der Waals surface area contributed by atoms with Crippen molar-refractivity contribution in [3.63, 3.8) is 0 Å². The van der Waals surface area contributed by atoms with Gasteiger partial charge >= 0.3 is 0 Å². The molecular weight excluding hydrogens is 405 g/mol. The van der Waals surface area contributed by atoms with Crippen LogP contribution in [0.3, 0.4) is 0 Å². The van der Waals surface area contributed by atoms with Crippen molar-refractivity contribution in [3.8, 4) is 0 Å². The number of rotatable bonds is 11. The standard InChI is InChI=1S/C17H37N3O2.HI/c1-7-17(21,8-2)13-20-16(18-9-3)19-12-11-15(14(5)6)22-10-4;/h14-15,21H,7-13H2,1-6H3,(H2,18,19,20);1H. The maximum absolute atomic E-state index is 10.3. The molecule has 23 heavy (non-hydrogen) atoms. The predicted molar refractivity (Wildman–Crippen MR) is 110 cm³/mol. The minimum Gasteiger partial charge on any atom is -0.388 e. The van der Waals surface area contributed by atoms with Crippen LogP contribution in [0.2, 0.25) is 0 Å². The lowest BCUT2D eigenvalue weighted by molar-refractivity contribution is 0.0257. The molecule has 140 valence electrons. The van der Waals surface area contributed by atoms with Gasteiger partial charge in [0.25, 0.3) is 0 Å². The molecule has 5 nitrogen and oxygen atoms in total. The molecule has 0 aromatic rings. The Bertz CT molecular complexity index is 308. The predicted octanol–water partition coefficient (Wildman–Crippen LogP) is 3.16. The first-order valence-corrected chi connectivity index (χ1v) is 8.78. The van der Waals surface area contributed by atoms with Gasteiger partial charge < -0.3 is 20.5 Å². The second-order valence-electron chi connectivity index (χ2n) is 6.08. The summed E-state index contributed by atoms with van der Waals surface area (Å²) in [6.07, 6.45) is 2.64. The van der Waals surface area contributed by atoms with Gasteiger partial charge in [0, 0.05) is 19.7 Å². The molecule has 0 fully saturated rings. The van der Waals surface area contributed by atoms with Gasteiger partial charge in [0.2, 0.25) is 0 Å². The Morgan fingerprint density at radius 3 is 2.17 bits per heavy atom. The van der Waals surface area contributed by atoms with Crippen LogP contribution in [0.4, 0.5) is 0 Å². The van der Waals surface area contributed by atoms with Crippen molar-refractivity contribution >= 4 is 29.9 Å². The lowest BCUT2D eigenvalue weighted by atomic mass is 9.98. The smallest absolute Gasteiger partial charge is 0.191 e. The first-order valence-electron chi connectivity index (χ1n) is 8.78. The van der Waals surface area contributed by atoms with Gasteiger partial charge in [-0.3, -0.25) is 4.99 Å². The average molecular weight is 443 g/mol. The lowest BCUT2D eigenvalue weighted by Gasteiger charge is -2.24. The van der Waals surface area contributed by atoms with Crippen LogP contribution in [0.1, 0.15) is 60.8 Å². The number of halogens is 1. The molecule has 1 unspecified atom stereocenters. The van der Waals surface area contributed by atoms with Crippen molar-refractivity contribution in [2.24, 2.45) is 10.9 Å². The molecule has 0 spiro atoms. The van der Waals surface area contributed by atoms with Crippen LogP contribution in [0.15, 0.2) is 4.99 Å². The van der Waals surface area contributed by atoms with Gasteiger partial charge in [0.05, 0.1) is 18.2 Å². The molecule has 0 aromatic carbocycles. The van der Waals surface area contributed by atoms with Gasteiger partial charge in [-0.1, -0.05) is 27.7 Å². The van der Waals surface area contributed by atoms with E-state index in [4.69, 9.17) is 4.74 Å². The molecule has 0 aliphatic carbocycles. The Labute approximate surface area is 160 Å². The normalized spacial score (nSPS) is 13.7. The monoisotopic (exact) mass is 443 g/mol. The van der Waals surface area contributed by atoms with Crippen molar-refractivity contribution in [3.05, 3.63) is 0 Å². The number of aliphatic imine (C=N–C) groups is 1. The molecular formula is C17H38IN3O2. The van der Waals surface area contributed by atoms with E-state index in [9.17, 15) is 5.11 Å². The number of hydrogen-bond acceptors (Lipinski definition) is 3. The number of nitrogens with zero attached hydrogens (tertiary/aromatic N) is 1. The molecule has 0 rings (SSSR count). The number of aliphatic hydroxyl groups is 1. The third-order valence-electron chi connectivity index (χ3n) is 4.04. The Morgan fingerprint density at radius 2 is 1.74 bits per heavy atom. The zero-order chi connectivity index (χ0) is 17.0. The fourth-order valence-electron chi connectivity index (χ4n) is 2.20. The topological polar surface area (TPSA) is 65.9 Å². The highest BCUT2D eigenvalue weighted by atomic mass is 127. The Morgan fingerprint density at radius 1 is 1.13 bits per heavy atom. The summed E-state index contributed by atoms with van der Waals surface area (Å²) >= 11 is 0. The van der Waals surface area contributed by atoms with E-state index in [1.165, 1.54) is 0 Å². The summed E-state index contributed by atoms with van der Waals surface area (Å²) in [6.45, 7) is 15.2. The zero-order valence-electron chi connectivity index (χ0n) is 15.8. The van der Waals surface area contributed by atoms with Crippen LogP contribution in [0, 0.1) is 5.92 Å². The summed E-state index contributed by atoms with van der Waals surface area (Å²) in [4.78, 5) is 4.52. The molecule has 0 saturated carbocycles. The summed E-state index contributed by atoms with van der Waals surface area (Å²) in [6, 6.07) is 0. The second kappa shape index (κ2) is 14.3. The van der Waals surface area contributed by atoms with Crippen LogP contribution >= 0.6 is 24.0 Å². The molecule has 0 heterocycles. The molecule has 0 bridgehead atoms. The molecule has 0 aliphatic rings. The van der Waals surface area contributed by atoms with E-state index in [1.807, 2.05) is 27.7 Å². The van der Waals surface area contributed by atoms with Crippen molar-refractivity contribution in [2.45, 2.75) is 72.5 Å². The molecule has 3 N–H and O–H groups in total. The van der Waals surface area contributed by atoms with Crippen LogP contribution in [-0.4, -0.2) is 49.0 Å². The number of guanidine groups is 1. The Kier molecular flexibility index (Phi) is 15.6. The zero-order valence-corrected chi connectivity index (χ0v) is 18.1. The van der Waals surface area contributed by atoms with Crippen LogP contribution in [-0.2, 0) is 4.74 Å². The van der Waals surface area contributed by atoms with E-state index in [0.29, 0.717) is 25.3 Å². The first kappa shape index (κ1) is 25.2. The van der Waals surface area contributed by atoms with Crippen LogP contribution in [0.5, 0.6) is 0 Å². The van der Waals surface area contributed by atoms with Gasteiger partial charge in [-0.2, -0.15) is 0 Å². The third-order valence-corrected chi connectivity index (χ3v) is 4.04. The Balaban J connectivity index is 0.